The lowest BCUT2D eigenvalue weighted by Gasteiger charge is -2.17. The third-order valence-corrected chi connectivity index (χ3v) is 4.76. The molecule has 1 saturated carbocycles. The minimum Gasteiger partial charge on any atom is -0.489 e. The maximum absolute atomic E-state index is 6.11. The van der Waals surface area contributed by atoms with E-state index in [4.69, 9.17) is 10.5 Å². The fourth-order valence-electron chi connectivity index (χ4n) is 3.37. The number of fused-ring (bicyclic) bond motifs is 1. The predicted octanol–water partition coefficient (Wildman–Crippen LogP) is 2.75. The van der Waals surface area contributed by atoms with Crippen LogP contribution in [0, 0.1) is 11.8 Å². The van der Waals surface area contributed by atoms with Gasteiger partial charge in [0.25, 0.3) is 0 Å². The fraction of sp³-hybridized carbons (Fsp3) is 0.571. The van der Waals surface area contributed by atoms with Crippen molar-refractivity contribution in [2.75, 3.05) is 25.9 Å². The second-order valence-electron chi connectivity index (χ2n) is 5.64. The van der Waals surface area contributed by atoms with Gasteiger partial charge in [-0.1, -0.05) is 0 Å². The van der Waals surface area contributed by atoms with Gasteiger partial charge in [-0.25, -0.2) is 0 Å². The summed E-state index contributed by atoms with van der Waals surface area (Å²) < 4.78 is 7.07. The number of hydrogen-bond acceptors (Lipinski definition) is 3. The van der Waals surface area contributed by atoms with Gasteiger partial charge in [0.05, 0.1) is 10.6 Å². The monoisotopic (exact) mass is 310 g/mol. The summed E-state index contributed by atoms with van der Waals surface area (Å²) in [6.45, 7) is 2.46. The average Bonchev–Trinajstić information content (AvgIpc) is 2.79. The highest BCUT2D eigenvalue weighted by Gasteiger charge is 2.40. The van der Waals surface area contributed by atoms with Gasteiger partial charge in [-0.15, -0.1) is 0 Å². The summed E-state index contributed by atoms with van der Waals surface area (Å²) in [5.74, 6) is 2.57. The average molecular weight is 311 g/mol. The third kappa shape index (κ3) is 2.36. The van der Waals surface area contributed by atoms with E-state index in [-0.39, 0.29) is 0 Å². The summed E-state index contributed by atoms with van der Waals surface area (Å²) in [6, 6.07) is 5.75. The van der Waals surface area contributed by atoms with Crippen LogP contribution in [0.25, 0.3) is 0 Å². The largest absolute Gasteiger partial charge is 0.489 e. The molecule has 1 aliphatic carbocycles. The Balaban J connectivity index is 1.65. The Morgan fingerprint density at radius 1 is 1.28 bits per heavy atom. The zero-order valence-corrected chi connectivity index (χ0v) is 12.2. The Bertz CT molecular complexity index is 437. The molecule has 2 atom stereocenters. The topological polar surface area (TPSA) is 38.5 Å². The van der Waals surface area contributed by atoms with Crippen molar-refractivity contribution in [3.05, 3.63) is 22.7 Å². The van der Waals surface area contributed by atoms with Crippen molar-refractivity contribution < 1.29 is 4.74 Å². The summed E-state index contributed by atoms with van der Waals surface area (Å²) >= 11 is 3.51. The second kappa shape index (κ2) is 4.74. The smallest absolute Gasteiger partial charge is 0.134 e. The van der Waals surface area contributed by atoms with Gasteiger partial charge < -0.3 is 15.4 Å². The minimum atomic E-state index is 0.369. The molecule has 0 amide bonds. The second-order valence-corrected chi connectivity index (χ2v) is 6.50. The normalized spacial score (nSPS) is 31.6. The Labute approximate surface area is 116 Å². The van der Waals surface area contributed by atoms with Gasteiger partial charge in [0.1, 0.15) is 5.75 Å². The van der Waals surface area contributed by atoms with Gasteiger partial charge in [-0.05, 0) is 65.9 Å². The lowest BCUT2D eigenvalue weighted by molar-refractivity contribution is 0.189. The van der Waals surface area contributed by atoms with Gasteiger partial charge in [0.15, 0.2) is 0 Å². The van der Waals surface area contributed by atoms with Gasteiger partial charge in [-0.2, -0.15) is 0 Å². The zero-order chi connectivity index (χ0) is 12.7. The molecule has 2 unspecified atom stereocenters. The summed E-state index contributed by atoms with van der Waals surface area (Å²) in [5.41, 5.74) is 6.50. The molecule has 0 aromatic heterocycles. The molecule has 1 heterocycles. The van der Waals surface area contributed by atoms with Gasteiger partial charge >= 0.3 is 0 Å². The highest BCUT2D eigenvalue weighted by molar-refractivity contribution is 9.10. The lowest BCUT2D eigenvalue weighted by Crippen LogP contribution is -2.20. The summed E-state index contributed by atoms with van der Waals surface area (Å²) in [7, 11) is 2.21. The first-order valence-corrected chi connectivity index (χ1v) is 7.31. The predicted molar refractivity (Wildman–Crippen MR) is 76.7 cm³/mol. The first kappa shape index (κ1) is 12.3. The molecule has 2 fully saturated rings. The number of halogens is 1. The summed E-state index contributed by atoms with van der Waals surface area (Å²) in [4.78, 5) is 2.44. The fourth-order valence-corrected chi connectivity index (χ4v) is 3.86. The highest BCUT2D eigenvalue weighted by atomic mass is 79.9. The van der Waals surface area contributed by atoms with E-state index in [1.165, 1.54) is 25.9 Å². The van der Waals surface area contributed by atoms with Crippen LogP contribution in [0.15, 0.2) is 22.7 Å². The van der Waals surface area contributed by atoms with Crippen molar-refractivity contribution in [2.24, 2.45) is 11.8 Å². The van der Waals surface area contributed by atoms with Crippen molar-refractivity contribution in [1.29, 1.82) is 0 Å². The van der Waals surface area contributed by atoms with E-state index < -0.39 is 0 Å². The van der Waals surface area contributed by atoms with E-state index in [0.29, 0.717) is 6.10 Å². The standard InChI is InChI=1S/C14H19BrN2O/c1-17-7-9-4-12(5-10(9)8-17)18-14-3-2-11(16)6-13(14)15/h2-3,6,9-10,12H,4-5,7-8,16H2,1H3. The van der Waals surface area contributed by atoms with E-state index in [2.05, 4.69) is 27.9 Å². The molecule has 1 aromatic carbocycles. The molecule has 2 N–H and O–H groups in total. The van der Waals surface area contributed by atoms with Crippen molar-refractivity contribution in [3.8, 4) is 5.75 Å². The molecule has 98 valence electrons. The number of benzene rings is 1. The van der Waals surface area contributed by atoms with Gasteiger partial charge in [0, 0.05) is 18.8 Å². The highest BCUT2D eigenvalue weighted by Crippen LogP contribution is 2.40. The molecule has 1 aromatic rings. The van der Waals surface area contributed by atoms with Crippen molar-refractivity contribution in [3.63, 3.8) is 0 Å². The van der Waals surface area contributed by atoms with Crippen LogP contribution in [0.4, 0.5) is 5.69 Å². The first-order valence-electron chi connectivity index (χ1n) is 6.52. The Kier molecular flexibility index (Phi) is 3.24. The van der Waals surface area contributed by atoms with Crippen LogP contribution in [0.3, 0.4) is 0 Å². The van der Waals surface area contributed by atoms with Crippen LogP contribution in [0.5, 0.6) is 5.75 Å². The number of nitrogens with zero attached hydrogens (tertiary/aromatic N) is 1. The number of hydrogen-bond donors (Lipinski definition) is 1. The maximum Gasteiger partial charge on any atom is 0.134 e. The van der Waals surface area contributed by atoms with E-state index >= 15 is 0 Å². The van der Waals surface area contributed by atoms with Crippen molar-refractivity contribution in [1.82, 2.24) is 4.90 Å². The Morgan fingerprint density at radius 3 is 2.56 bits per heavy atom. The molecule has 0 spiro atoms. The molecular weight excluding hydrogens is 292 g/mol. The quantitative estimate of drug-likeness (QED) is 0.854. The molecule has 0 bridgehead atoms. The van der Waals surface area contributed by atoms with Crippen LogP contribution >= 0.6 is 15.9 Å². The number of nitrogens with two attached hydrogens (primary N) is 1. The molecule has 2 aliphatic rings. The Hall–Kier alpha value is -0.740. The van der Waals surface area contributed by atoms with Crippen LogP contribution in [0.2, 0.25) is 0 Å². The summed E-state index contributed by atoms with van der Waals surface area (Å²) in [6.07, 6.45) is 2.74. The molecule has 3 nitrogen and oxygen atoms in total. The number of likely N-dealkylation sites (tertiary alicyclic amines) is 1. The van der Waals surface area contributed by atoms with Crippen LogP contribution in [-0.4, -0.2) is 31.1 Å². The van der Waals surface area contributed by atoms with Gasteiger partial charge in [-0.3, -0.25) is 0 Å². The molecule has 1 saturated heterocycles. The van der Waals surface area contributed by atoms with E-state index in [1.807, 2.05) is 18.2 Å². The van der Waals surface area contributed by atoms with Gasteiger partial charge in [0.2, 0.25) is 0 Å². The summed E-state index contributed by atoms with van der Waals surface area (Å²) in [5, 5.41) is 0. The first-order chi connectivity index (χ1) is 8.61. The van der Waals surface area contributed by atoms with Crippen molar-refractivity contribution >= 4 is 21.6 Å². The third-order valence-electron chi connectivity index (χ3n) is 4.14. The lowest BCUT2D eigenvalue weighted by atomic mass is 10.0. The molecular formula is C14H19BrN2O. The molecule has 0 radical (unpaired) electrons. The number of rotatable bonds is 2. The SMILES string of the molecule is CN1CC2CC(Oc3ccc(N)cc3Br)CC2C1. The number of ether oxygens (including phenoxy) is 1. The van der Waals surface area contributed by atoms with E-state index in [9.17, 15) is 0 Å². The minimum absolute atomic E-state index is 0.369. The molecule has 3 rings (SSSR count). The number of nitrogen functional groups attached to an aromatic ring is 1. The maximum atomic E-state index is 6.11. The number of anilines is 1. The molecule has 4 heteroatoms. The van der Waals surface area contributed by atoms with Crippen LogP contribution < -0.4 is 10.5 Å². The zero-order valence-electron chi connectivity index (χ0n) is 10.6. The van der Waals surface area contributed by atoms with Crippen molar-refractivity contribution in [2.45, 2.75) is 18.9 Å². The molecule has 18 heavy (non-hydrogen) atoms. The van der Waals surface area contributed by atoms with Crippen LogP contribution in [0.1, 0.15) is 12.8 Å². The van der Waals surface area contributed by atoms with E-state index in [1.54, 1.807) is 0 Å². The Morgan fingerprint density at radius 2 is 1.94 bits per heavy atom. The van der Waals surface area contributed by atoms with E-state index in [0.717, 1.165) is 27.7 Å². The molecule has 1 aliphatic heterocycles. The van der Waals surface area contributed by atoms with Crippen LogP contribution in [-0.2, 0) is 0 Å².